The first kappa shape index (κ1) is 14.5. The van der Waals surface area contributed by atoms with Crippen LogP contribution in [0.4, 0.5) is 5.69 Å². The first-order valence-corrected chi connectivity index (χ1v) is 6.94. The number of nitro groups is 1. The van der Waals surface area contributed by atoms with E-state index < -0.39 is 4.92 Å². The molecule has 0 fully saturated rings. The minimum atomic E-state index is -0.509. The van der Waals surface area contributed by atoms with E-state index in [2.05, 4.69) is 0 Å². The Morgan fingerprint density at radius 2 is 1.83 bits per heavy atom. The topological polar surface area (TPSA) is 76.2 Å². The van der Waals surface area contributed by atoms with E-state index in [-0.39, 0.29) is 11.4 Å². The van der Waals surface area contributed by atoms with Gasteiger partial charge in [0.05, 0.1) is 16.6 Å². The van der Waals surface area contributed by atoms with Gasteiger partial charge in [-0.25, -0.2) is 0 Å². The van der Waals surface area contributed by atoms with E-state index in [1.807, 2.05) is 42.5 Å². The molecule has 0 heterocycles. The van der Waals surface area contributed by atoms with Gasteiger partial charge in [-0.05, 0) is 35.4 Å². The predicted octanol–water partition coefficient (Wildman–Crippen LogP) is 4.72. The summed E-state index contributed by atoms with van der Waals surface area (Å²) in [5.41, 5.74) is 0.742. The average molecular weight is 304 g/mol. The molecule has 0 aliphatic carbocycles. The smallest absolute Gasteiger partial charge is 0.311 e. The lowest BCUT2D eigenvalue weighted by atomic mass is 10.1. The highest BCUT2D eigenvalue weighted by atomic mass is 16.6. The lowest BCUT2D eigenvalue weighted by Crippen LogP contribution is -1.96. The van der Waals surface area contributed by atoms with Crippen LogP contribution < -0.4 is 4.74 Å². The molecule has 0 spiro atoms. The van der Waals surface area contributed by atoms with Crippen molar-refractivity contribution in [3.05, 3.63) is 75.8 Å². The number of nitriles is 1. The molecule has 0 aliphatic heterocycles. The van der Waals surface area contributed by atoms with Gasteiger partial charge >= 0.3 is 5.69 Å². The van der Waals surface area contributed by atoms with E-state index in [9.17, 15) is 10.1 Å². The normalized spacial score (nSPS) is 10.3. The molecule has 0 radical (unpaired) electrons. The van der Waals surface area contributed by atoms with E-state index in [1.54, 1.807) is 13.0 Å². The summed E-state index contributed by atoms with van der Waals surface area (Å²) >= 11 is 0. The van der Waals surface area contributed by atoms with Crippen molar-refractivity contribution < 1.29 is 9.66 Å². The third kappa shape index (κ3) is 2.83. The molecule has 0 saturated carbocycles. The fourth-order valence-corrected chi connectivity index (χ4v) is 2.38. The van der Waals surface area contributed by atoms with Gasteiger partial charge in [0, 0.05) is 12.1 Å². The van der Waals surface area contributed by atoms with Crippen LogP contribution in [0.2, 0.25) is 0 Å². The Labute approximate surface area is 132 Å². The number of hydrogen-bond acceptors (Lipinski definition) is 4. The zero-order valence-electron chi connectivity index (χ0n) is 12.3. The van der Waals surface area contributed by atoms with Crippen molar-refractivity contribution in [1.82, 2.24) is 0 Å². The number of aryl methyl sites for hydroxylation is 1. The Morgan fingerprint density at radius 3 is 2.52 bits per heavy atom. The Bertz CT molecular complexity index is 958. The molecular formula is C18H12N2O3. The summed E-state index contributed by atoms with van der Waals surface area (Å²) in [5, 5.41) is 22.3. The molecule has 0 aromatic heterocycles. The highest BCUT2D eigenvalue weighted by Gasteiger charge is 2.19. The first-order valence-electron chi connectivity index (χ1n) is 6.94. The standard InChI is InChI=1S/C18H12N2O3/c1-12-8-17(20(21)22)18(10-15(12)11-19)23-16-7-6-13-4-2-3-5-14(13)9-16/h2-10H,1H3. The molecule has 3 aromatic carbocycles. The SMILES string of the molecule is Cc1cc([N+](=O)[O-])c(Oc2ccc3ccccc3c2)cc1C#N. The molecule has 5 nitrogen and oxygen atoms in total. The summed E-state index contributed by atoms with van der Waals surface area (Å²) in [7, 11) is 0. The molecule has 0 saturated heterocycles. The molecule has 0 unspecified atom stereocenters. The van der Waals surface area contributed by atoms with Crippen LogP contribution in [0.1, 0.15) is 11.1 Å². The summed E-state index contributed by atoms with van der Waals surface area (Å²) in [5.74, 6) is 0.548. The average Bonchev–Trinajstić information content (AvgIpc) is 2.55. The van der Waals surface area contributed by atoms with E-state index in [4.69, 9.17) is 10.00 Å². The Morgan fingerprint density at radius 1 is 1.09 bits per heavy atom. The summed E-state index contributed by atoms with van der Waals surface area (Å²) in [6.07, 6.45) is 0. The van der Waals surface area contributed by atoms with Gasteiger partial charge in [0.1, 0.15) is 5.75 Å². The van der Waals surface area contributed by atoms with Crippen molar-refractivity contribution in [2.75, 3.05) is 0 Å². The number of nitro benzene ring substituents is 1. The number of fused-ring (bicyclic) bond motifs is 1. The van der Waals surface area contributed by atoms with Crippen molar-refractivity contribution in [3.8, 4) is 17.6 Å². The van der Waals surface area contributed by atoms with Gasteiger partial charge in [0.25, 0.3) is 0 Å². The minimum absolute atomic E-state index is 0.0624. The van der Waals surface area contributed by atoms with Crippen molar-refractivity contribution >= 4 is 16.5 Å². The molecule has 0 amide bonds. The van der Waals surface area contributed by atoms with Gasteiger partial charge in [-0.3, -0.25) is 10.1 Å². The molecule has 0 N–H and O–H groups in total. The quantitative estimate of drug-likeness (QED) is 0.518. The van der Waals surface area contributed by atoms with E-state index in [1.165, 1.54) is 12.1 Å². The monoisotopic (exact) mass is 304 g/mol. The minimum Gasteiger partial charge on any atom is -0.450 e. The van der Waals surface area contributed by atoms with Crippen molar-refractivity contribution in [1.29, 1.82) is 5.26 Å². The zero-order chi connectivity index (χ0) is 16.4. The maximum atomic E-state index is 11.2. The molecule has 0 aliphatic rings. The fraction of sp³-hybridized carbons (Fsp3) is 0.0556. The largest absolute Gasteiger partial charge is 0.450 e. The number of hydrogen-bond donors (Lipinski definition) is 0. The van der Waals surface area contributed by atoms with Crippen LogP contribution in [0, 0.1) is 28.4 Å². The second-order valence-electron chi connectivity index (χ2n) is 5.11. The number of ether oxygens (including phenoxy) is 1. The Balaban J connectivity index is 2.07. The lowest BCUT2D eigenvalue weighted by Gasteiger charge is -2.09. The summed E-state index contributed by atoms with van der Waals surface area (Å²) in [6, 6.07) is 18.0. The maximum Gasteiger partial charge on any atom is 0.311 e. The summed E-state index contributed by atoms with van der Waals surface area (Å²) in [6.45, 7) is 1.66. The van der Waals surface area contributed by atoms with Crippen molar-refractivity contribution in [2.24, 2.45) is 0 Å². The highest BCUT2D eigenvalue weighted by Crippen LogP contribution is 2.34. The van der Waals surface area contributed by atoms with Gasteiger partial charge in [-0.1, -0.05) is 30.3 Å². The molecule has 0 atom stereocenters. The number of rotatable bonds is 3. The third-order valence-corrected chi connectivity index (χ3v) is 3.57. The Hall–Kier alpha value is -3.39. The molecule has 5 heteroatoms. The van der Waals surface area contributed by atoms with Crippen molar-refractivity contribution in [2.45, 2.75) is 6.92 Å². The molecule has 3 rings (SSSR count). The van der Waals surface area contributed by atoms with Gasteiger partial charge in [-0.2, -0.15) is 5.26 Å². The van der Waals surface area contributed by atoms with Crippen molar-refractivity contribution in [3.63, 3.8) is 0 Å². The molecule has 112 valence electrons. The molecule has 3 aromatic rings. The van der Waals surface area contributed by atoms with Gasteiger partial charge in [0.2, 0.25) is 5.75 Å². The molecule has 0 bridgehead atoms. The van der Waals surface area contributed by atoms with Crippen LogP contribution in [0.15, 0.2) is 54.6 Å². The summed E-state index contributed by atoms with van der Waals surface area (Å²) in [4.78, 5) is 10.7. The number of nitrogens with zero attached hydrogens (tertiary/aromatic N) is 2. The van der Waals surface area contributed by atoms with Crippen LogP contribution in [0.5, 0.6) is 11.5 Å². The van der Waals surface area contributed by atoms with Crippen LogP contribution in [-0.2, 0) is 0 Å². The van der Waals surface area contributed by atoms with Gasteiger partial charge < -0.3 is 4.74 Å². The van der Waals surface area contributed by atoms with E-state index >= 15 is 0 Å². The van der Waals surface area contributed by atoms with Crippen LogP contribution in [0.3, 0.4) is 0 Å². The fourth-order valence-electron chi connectivity index (χ4n) is 2.38. The van der Waals surface area contributed by atoms with E-state index in [0.29, 0.717) is 16.9 Å². The number of benzene rings is 3. The molecule has 23 heavy (non-hydrogen) atoms. The maximum absolute atomic E-state index is 11.2. The van der Waals surface area contributed by atoms with Crippen LogP contribution in [-0.4, -0.2) is 4.92 Å². The third-order valence-electron chi connectivity index (χ3n) is 3.57. The van der Waals surface area contributed by atoms with E-state index in [0.717, 1.165) is 10.8 Å². The second kappa shape index (κ2) is 5.78. The second-order valence-corrected chi connectivity index (χ2v) is 5.11. The predicted molar refractivity (Wildman–Crippen MR) is 86.6 cm³/mol. The van der Waals surface area contributed by atoms with Gasteiger partial charge in [0.15, 0.2) is 0 Å². The zero-order valence-corrected chi connectivity index (χ0v) is 12.3. The van der Waals surface area contributed by atoms with Crippen LogP contribution in [0.25, 0.3) is 10.8 Å². The first-order chi connectivity index (χ1) is 11.1. The lowest BCUT2D eigenvalue weighted by molar-refractivity contribution is -0.385. The Kier molecular flexibility index (Phi) is 3.65. The summed E-state index contributed by atoms with van der Waals surface area (Å²) < 4.78 is 5.68. The van der Waals surface area contributed by atoms with Crippen LogP contribution >= 0.6 is 0 Å². The molecular weight excluding hydrogens is 292 g/mol. The highest BCUT2D eigenvalue weighted by molar-refractivity contribution is 5.83. The van der Waals surface area contributed by atoms with Gasteiger partial charge in [-0.15, -0.1) is 0 Å².